The third kappa shape index (κ3) is 3.47. The predicted molar refractivity (Wildman–Crippen MR) is 62.7 cm³/mol. The molecule has 1 aliphatic rings. The molecule has 0 aromatic heterocycles. The molecule has 0 aromatic carbocycles. The molecular weight excluding hydrogens is 207 g/mol. The molecule has 16 heavy (non-hydrogen) atoms. The first-order chi connectivity index (χ1) is 7.50. The van der Waals surface area contributed by atoms with Crippen molar-refractivity contribution < 1.29 is 14.6 Å². The van der Waals surface area contributed by atoms with Crippen LogP contribution in [0.4, 0.5) is 0 Å². The van der Waals surface area contributed by atoms with Crippen LogP contribution in [0.2, 0.25) is 0 Å². The molecule has 0 amide bonds. The number of aliphatic hydroxyl groups is 1. The van der Waals surface area contributed by atoms with Crippen molar-refractivity contribution in [2.24, 2.45) is 10.1 Å². The van der Waals surface area contributed by atoms with E-state index in [1.54, 1.807) is 0 Å². The second-order valence-corrected chi connectivity index (χ2v) is 4.30. The van der Waals surface area contributed by atoms with Crippen LogP contribution >= 0.6 is 0 Å². The van der Waals surface area contributed by atoms with E-state index in [1.165, 1.54) is 7.06 Å². The predicted octanol–water partition coefficient (Wildman–Crippen LogP) is 0.781. The molecule has 0 radical (unpaired) electrons. The minimum absolute atomic E-state index is 0.0494. The number of aliphatic hydroxyl groups excluding tert-OH is 1. The molecule has 3 atom stereocenters. The van der Waals surface area contributed by atoms with E-state index in [0.29, 0.717) is 6.42 Å². The van der Waals surface area contributed by atoms with Crippen LogP contribution in [0.3, 0.4) is 0 Å². The average Bonchev–Trinajstić information content (AvgIpc) is 2.47. The Balaban J connectivity index is 2.71. The van der Waals surface area contributed by atoms with Gasteiger partial charge in [-0.15, -0.1) is 0 Å². The molecule has 5 nitrogen and oxygen atoms in total. The molecule has 1 heterocycles. The summed E-state index contributed by atoms with van der Waals surface area (Å²) in [6.07, 6.45) is 0.271. The van der Waals surface area contributed by atoms with Crippen molar-refractivity contribution in [3.63, 3.8) is 0 Å². The molecule has 0 bridgehead atoms. The number of hydrogen-bond acceptors (Lipinski definition) is 5. The quantitative estimate of drug-likeness (QED) is 0.556. The van der Waals surface area contributed by atoms with E-state index in [2.05, 4.69) is 16.6 Å². The SMILES string of the molecule is C=BN=N[C@@H](CCO)[C@@H]1OC(C)(C)OC1C. The Kier molecular flexibility index (Phi) is 4.77. The zero-order valence-electron chi connectivity index (χ0n) is 10.1. The maximum absolute atomic E-state index is 8.99. The first kappa shape index (κ1) is 13.5. The molecule has 6 heteroatoms. The first-order valence-electron chi connectivity index (χ1n) is 5.47. The molecule has 90 valence electrons. The molecule has 1 fully saturated rings. The van der Waals surface area contributed by atoms with Gasteiger partial charge in [0.1, 0.15) is 0 Å². The van der Waals surface area contributed by atoms with Gasteiger partial charge >= 0.3 is 96.1 Å². The van der Waals surface area contributed by atoms with Crippen molar-refractivity contribution in [1.82, 2.24) is 0 Å². The molecule has 1 aliphatic heterocycles. The Hall–Kier alpha value is -0.585. The van der Waals surface area contributed by atoms with Gasteiger partial charge in [0.15, 0.2) is 0 Å². The van der Waals surface area contributed by atoms with E-state index < -0.39 is 5.79 Å². The molecule has 0 saturated carbocycles. The average molecular weight is 226 g/mol. The van der Waals surface area contributed by atoms with Crippen LogP contribution in [0.5, 0.6) is 0 Å². The van der Waals surface area contributed by atoms with Gasteiger partial charge in [-0.25, -0.2) is 0 Å². The van der Waals surface area contributed by atoms with Gasteiger partial charge in [0.2, 0.25) is 0 Å². The monoisotopic (exact) mass is 226 g/mol. The normalized spacial score (nSPS) is 30.5. The van der Waals surface area contributed by atoms with Gasteiger partial charge in [0.05, 0.1) is 0 Å². The number of nitrogens with zero attached hydrogens (tertiary/aromatic N) is 2. The minimum atomic E-state index is -0.596. The molecule has 0 spiro atoms. The van der Waals surface area contributed by atoms with Gasteiger partial charge in [-0.3, -0.25) is 0 Å². The first-order valence-corrected chi connectivity index (χ1v) is 5.47. The van der Waals surface area contributed by atoms with Crippen LogP contribution in [0.15, 0.2) is 10.1 Å². The summed E-state index contributed by atoms with van der Waals surface area (Å²) < 4.78 is 11.4. The van der Waals surface area contributed by atoms with Gasteiger partial charge in [-0.1, -0.05) is 0 Å². The third-order valence-electron chi connectivity index (χ3n) is 2.45. The number of ether oxygens (including phenoxy) is 2. The Morgan fingerprint density at radius 3 is 2.62 bits per heavy atom. The summed E-state index contributed by atoms with van der Waals surface area (Å²) in [6, 6.07) is -0.195. The topological polar surface area (TPSA) is 63.4 Å². The van der Waals surface area contributed by atoms with Gasteiger partial charge in [0, 0.05) is 0 Å². The van der Waals surface area contributed by atoms with Gasteiger partial charge in [0.25, 0.3) is 0 Å². The third-order valence-corrected chi connectivity index (χ3v) is 2.45. The van der Waals surface area contributed by atoms with Gasteiger partial charge < -0.3 is 0 Å². The molecule has 0 aliphatic carbocycles. The van der Waals surface area contributed by atoms with Gasteiger partial charge in [-0.2, -0.15) is 0 Å². The van der Waals surface area contributed by atoms with Crippen LogP contribution in [0.1, 0.15) is 27.2 Å². The fourth-order valence-corrected chi connectivity index (χ4v) is 1.91. The van der Waals surface area contributed by atoms with Crippen LogP contribution in [0.25, 0.3) is 0 Å². The molecular formula is C10H19BN2O3. The van der Waals surface area contributed by atoms with Crippen molar-refractivity contribution in [1.29, 1.82) is 0 Å². The van der Waals surface area contributed by atoms with Crippen molar-refractivity contribution in [2.45, 2.75) is 51.2 Å². The standard InChI is InChI=1S/C10H19BN2O3/c1-7-9(16-10(2,3)15-7)8(5-6-14)12-13-11-4/h7-9,14H,4-6H2,1-3H3/t7?,8-,9+/m0/s1. The summed E-state index contributed by atoms with van der Waals surface area (Å²) in [7, 11) is 1.37. The summed E-state index contributed by atoms with van der Waals surface area (Å²) in [5.41, 5.74) is 0. The van der Waals surface area contributed by atoms with E-state index in [1.807, 2.05) is 20.8 Å². The fraction of sp³-hybridized carbons (Fsp3) is 0.900. The molecule has 1 saturated heterocycles. The van der Waals surface area contributed by atoms with E-state index >= 15 is 0 Å². The second-order valence-electron chi connectivity index (χ2n) is 4.30. The van der Waals surface area contributed by atoms with E-state index in [-0.39, 0.29) is 24.9 Å². The summed E-state index contributed by atoms with van der Waals surface area (Å²) in [5, 5.41) is 16.8. The Labute approximate surface area is 96.8 Å². The molecule has 1 unspecified atom stereocenters. The van der Waals surface area contributed by atoms with E-state index in [4.69, 9.17) is 14.6 Å². The fourth-order valence-electron chi connectivity index (χ4n) is 1.91. The summed E-state index contributed by atoms with van der Waals surface area (Å²) in [5.74, 6) is -0.596. The van der Waals surface area contributed by atoms with Crippen molar-refractivity contribution in [2.75, 3.05) is 6.61 Å². The molecule has 0 aromatic rings. The molecule has 1 rings (SSSR count). The number of hydrogen-bond donors (Lipinski definition) is 1. The maximum atomic E-state index is 8.99. The Morgan fingerprint density at radius 2 is 2.19 bits per heavy atom. The van der Waals surface area contributed by atoms with Gasteiger partial charge in [-0.05, 0) is 0 Å². The Morgan fingerprint density at radius 1 is 1.50 bits per heavy atom. The summed E-state index contributed by atoms with van der Waals surface area (Å²) in [6.45, 7) is 9.19. The van der Waals surface area contributed by atoms with E-state index in [9.17, 15) is 0 Å². The Bertz CT molecular complexity index is 271. The van der Waals surface area contributed by atoms with E-state index in [0.717, 1.165) is 0 Å². The zero-order chi connectivity index (χ0) is 12.2. The van der Waals surface area contributed by atoms with Crippen molar-refractivity contribution >= 4 is 13.5 Å². The van der Waals surface area contributed by atoms with Crippen LogP contribution in [-0.4, -0.2) is 49.3 Å². The van der Waals surface area contributed by atoms with Crippen LogP contribution < -0.4 is 0 Å². The zero-order valence-corrected chi connectivity index (χ0v) is 10.1. The summed E-state index contributed by atoms with van der Waals surface area (Å²) in [4.78, 5) is 0. The van der Waals surface area contributed by atoms with Crippen LogP contribution in [0, 0.1) is 0 Å². The summed E-state index contributed by atoms with van der Waals surface area (Å²) >= 11 is 0. The second kappa shape index (κ2) is 5.66. The molecule has 1 N–H and O–H groups in total. The van der Waals surface area contributed by atoms with Crippen molar-refractivity contribution in [3.05, 3.63) is 0 Å². The van der Waals surface area contributed by atoms with Crippen LogP contribution in [-0.2, 0) is 9.47 Å². The number of rotatable bonds is 5. The van der Waals surface area contributed by atoms with Crippen molar-refractivity contribution in [3.8, 4) is 0 Å².